The Kier molecular flexibility index (Phi) is 4.95. The fourth-order valence-corrected chi connectivity index (χ4v) is 2.42. The molecule has 0 aliphatic carbocycles. The predicted octanol–water partition coefficient (Wildman–Crippen LogP) is 1.77. The normalized spacial score (nSPS) is 10.2. The molecule has 0 aromatic carbocycles. The molecule has 2 rings (SSSR count). The number of hydrogen-bond acceptors (Lipinski definition) is 4. The van der Waals surface area contributed by atoms with Crippen molar-refractivity contribution >= 4 is 23.2 Å². The van der Waals surface area contributed by atoms with Crippen LogP contribution >= 0.6 is 11.3 Å². The molecular formula is C14H16N2O3S. The van der Waals surface area contributed by atoms with Gasteiger partial charge in [-0.3, -0.25) is 9.59 Å². The van der Waals surface area contributed by atoms with E-state index in [-0.39, 0.29) is 24.1 Å². The second kappa shape index (κ2) is 6.91. The van der Waals surface area contributed by atoms with E-state index in [2.05, 4.69) is 5.32 Å². The van der Waals surface area contributed by atoms with Gasteiger partial charge in [-0.2, -0.15) is 0 Å². The van der Waals surface area contributed by atoms with Crippen LogP contribution in [0.4, 0.5) is 0 Å². The molecule has 5 nitrogen and oxygen atoms in total. The summed E-state index contributed by atoms with van der Waals surface area (Å²) in [5, 5.41) is 4.80. The minimum absolute atomic E-state index is 0.0178. The van der Waals surface area contributed by atoms with Crippen molar-refractivity contribution in [3.05, 3.63) is 46.5 Å². The SMILES string of the molecule is CN(CC(=O)NCCc1cccs1)C(=O)c1ccco1. The number of carbonyl (C=O) groups is 2. The second-order valence-corrected chi connectivity index (χ2v) is 5.35. The first-order valence-corrected chi connectivity index (χ1v) is 7.13. The van der Waals surface area contributed by atoms with Crippen LogP contribution in [0.5, 0.6) is 0 Å². The number of nitrogens with zero attached hydrogens (tertiary/aromatic N) is 1. The first-order chi connectivity index (χ1) is 9.66. The van der Waals surface area contributed by atoms with Gasteiger partial charge in [-0.15, -0.1) is 11.3 Å². The fraction of sp³-hybridized carbons (Fsp3) is 0.286. The van der Waals surface area contributed by atoms with Crippen LogP contribution in [0.3, 0.4) is 0 Å². The first-order valence-electron chi connectivity index (χ1n) is 6.25. The fourth-order valence-electron chi connectivity index (χ4n) is 1.71. The molecule has 0 saturated carbocycles. The second-order valence-electron chi connectivity index (χ2n) is 4.32. The smallest absolute Gasteiger partial charge is 0.289 e. The van der Waals surface area contributed by atoms with Crippen LogP contribution in [-0.2, 0) is 11.2 Å². The Morgan fingerprint density at radius 2 is 2.20 bits per heavy atom. The third kappa shape index (κ3) is 3.96. The maximum atomic E-state index is 11.9. The molecule has 106 valence electrons. The number of amides is 2. The van der Waals surface area contributed by atoms with Gasteiger partial charge in [0.15, 0.2) is 5.76 Å². The summed E-state index contributed by atoms with van der Waals surface area (Å²) in [5.41, 5.74) is 0. The molecule has 1 N–H and O–H groups in total. The quantitative estimate of drug-likeness (QED) is 0.882. The molecule has 0 aliphatic rings. The zero-order valence-electron chi connectivity index (χ0n) is 11.2. The molecule has 0 radical (unpaired) electrons. The molecule has 0 bridgehead atoms. The monoisotopic (exact) mass is 292 g/mol. The molecule has 0 atom stereocenters. The Morgan fingerprint density at radius 1 is 1.35 bits per heavy atom. The van der Waals surface area contributed by atoms with Crippen molar-refractivity contribution in [2.45, 2.75) is 6.42 Å². The summed E-state index contributed by atoms with van der Waals surface area (Å²) in [6.45, 7) is 0.589. The summed E-state index contributed by atoms with van der Waals surface area (Å²) >= 11 is 1.66. The summed E-state index contributed by atoms with van der Waals surface area (Å²) in [5.74, 6) is -0.244. The molecule has 2 heterocycles. The average molecular weight is 292 g/mol. The lowest BCUT2D eigenvalue weighted by atomic mass is 10.3. The molecule has 0 unspecified atom stereocenters. The lowest BCUT2D eigenvalue weighted by Crippen LogP contribution is -2.38. The van der Waals surface area contributed by atoms with E-state index < -0.39 is 0 Å². The lowest BCUT2D eigenvalue weighted by molar-refractivity contribution is -0.121. The standard InChI is InChI=1S/C14H16N2O3S/c1-16(14(18)12-5-2-8-19-12)10-13(17)15-7-6-11-4-3-9-20-11/h2-5,8-9H,6-7,10H2,1H3,(H,15,17). The van der Waals surface area contributed by atoms with Gasteiger partial charge in [0.1, 0.15) is 0 Å². The lowest BCUT2D eigenvalue weighted by Gasteiger charge is -2.15. The van der Waals surface area contributed by atoms with Gasteiger partial charge in [-0.1, -0.05) is 6.07 Å². The van der Waals surface area contributed by atoms with Gasteiger partial charge in [0, 0.05) is 18.5 Å². The van der Waals surface area contributed by atoms with Gasteiger partial charge in [0.2, 0.25) is 5.91 Å². The molecule has 0 aliphatic heterocycles. The van der Waals surface area contributed by atoms with Gasteiger partial charge in [-0.05, 0) is 30.0 Å². The van der Waals surface area contributed by atoms with E-state index in [1.54, 1.807) is 30.5 Å². The van der Waals surface area contributed by atoms with E-state index in [1.807, 2.05) is 17.5 Å². The number of likely N-dealkylation sites (N-methyl/N-ethyl adjacent to an activating group) is 1. The van der Waals surface area contributed by atoms with E-state index in [4.69, 9.17) is 4.42 Å². The van der Waals surface area contributed by atoms with Crippen molar-refractivity contribution in [1.82, 2.24) is 10.2 Å². The molecule has 0 spiro atoms. The van der Waals surface area contributed by atoms with Gasteiger partial charge in [0.05, 0.1) is 12.8 Å². The predicted molar refractivity (Wildman–Crippen MR) is 76.7 cm³/mol. The Morgan fingerprint density at radius 3 is 2.85 bits per heavy atom. The van der Waals surface area contributed by atoms with Crippen molar-refractivity contribution in [1.29, 1.82) is 0 Å². The minimum atomic E-state index is -0.302. The summed E-state index contributed by atoms with van der Waals surface area (Å²) in [6, 6.07) is 7.23. The molecule has 6 heteroatoms. The summed E-state index contributed by atoms with van der Waals surface area (Å²) in [7, 11) is 1.57. The van der Waals surface area contributed by atoms with E-state index in [9.17, 15) is 9.59 Å². The highest BCUT2D eigenvalue weighted by molar-refractivity contribution is 7.09. The van der Waals surface area contributed by atoms with Crippen molar-refractivity contribution in [3.63, 3.8) is 0 Å². The highest BCUT2D eigenvalue weighted by Gasteiger charge is 2.16. The van der Waals surface area contributed by atoms with Crippen LogP contribution in [0.15, 0.2) is 40.3 Å². The zero-order valence-corrected chi connectivity index (χ0v) is 12.0. The minimum Gasteiger partial charge on any atom is -0.459 e. The first kappa shape index (κ1) is 14.3. The Hall–Kier alpha value is -2.08. The number of furan rings is 1. The van der Waals surface area contributed by atoms with Gasteiger partial charge < -0.3 is 14.6 Å². The highest BCUT2D eigenvalue weighted by Crippen LogP contribution is 2.08. The summed E-state index contributed by atoms with van der Waals surface area (Å²) < 4.78 is 5.01. The van der Waals surface area contributed by atoms with Crippen LogP contribution in [-0.4, -0.2) is 36.9 Å². The number of thiophene rings is 1. The molecule has 20 heavy (non-hydrogen) atoms. The van der Waals surface area contributed by atoms with E-state index in [0.29, 0.717) is 6.54 Å². The van der Waals surface area contributed by atoms with Crippen LogP contribution in [0.25, 0.3) is 0 Å². The molecule has 2 aromatic rings. The van der Waals surface area contributed by atoms with Gasteiger partial charge >= 0.3 is 0 Å². The van der Waals surface area contributed by atoms with Crippen molar-refractivity contribution in [2.75, 3.05) is 20.1 Å². The number of hydrogen-bond donors (Lipinski definition) is 1. The molecule has 0 fully saturated rings. The van der Waals surface area contributed by atoms with E-state index >= 15 is 0 Å². The van der Waals surface area contributed by atoms with Crippen LogP contribution in [0.2, 0.25) is 0 Å². The largest absolute Gasteiger partial charge is 0.459 e. The van der Waals surface area contributed by atoms with Gasteiger partial charge in [-0.25, -0.2) is 0 Å². The van der Waals surface area contributed by atoms with Gasteiger partial charge in [0.25, 0.3) is 5.91 Å². The highest BCUT2D eigenvalue weighted by atomic mass is 32.1. The van der Waals surface area contributed by atoms with E-state index in [0.717, 1.165) is 6.42 Å². The Balaban J connectivity index is 1.72. The molecule has 0 saturated heterocycles. The maximum absolute atomic E-state index is 11.9. The van der Waals surface area contributed by atoms with Crippen molar-refractivity contribution in [2.24, 2.45) is 0 Å². The Bertz CT molecular complexity index is 549. The summed E-state index contributed by atoms with van der Waals surface area (Å²) in [4.78, 5) is 26.1. The third-order valence-electron chi connectivity index (χ3n) is 2.73. The van der Waals surface area contributed by atoms with E-state index in [1.165, 1.54) is 16.0 Å². The van der Waals surface area contributed by atoms with Crippen molar-refractivity contribution in [3.8, 4) is 0 Å². The number of nitrogens with one attached hydrogen (secondary N) is 1. The molecule has 2 aromatic heterocycles. The van der Waals surface area contributed by atoms with Crippen molar-refractivity contribution < 1.29 is 14.0 Å². The molecule has 2 amide bonds. The Labute approximate surface area is 121 Å². The van der Waals surface area contributed by atoms with Crippen LogP contribution in [0.1, 0.15) is 15.4 Å². The number of rotatable bonds is 6. The topological polar surface area (TPSA) is 62.6 Å². The summed E-state index contributed by atoms with van der Waals surface area (Å²) in [6.07, 6.45) is 2.24. The third-order valence-corrected chi connectivity index (χ3v) is 3.67. The average Bonchev–Trinajstić information content (AvgIpc) is 3.10. The van der Waals surface area contributed by atoms with Crippen LogP contribution < -0.4 is 5.32 Å². The maximum Gasteiger partial charge on any atom is 0.289 e. The number of carbonyl (C=O) groups excluding carboxylic acids is 2. The van der Waals surface area contributed by atoms with Crippen LogP contribution in [0, 0.1) is 0 Å². The zero-order chi connectivity index (χ0) is 14.4. The molecular weight excluding hydrogens is 276 g/mol.